The SMILES string of the molecule is O=C(Cc1ccccc1)C1(O)CCCC1. The zero-order valence-electron chi connectivity index (χ0n) is 8.78. The van der Waals surface area contributed by atoms with Crippen LogP contribution in [0.5, 0.6) is 0 Å². The molecular formula is C13H16O2. The zero-order valence-corrected chi connectivity index (χ0v) is 8.78. The number of carbonyl (C=O) groups excluding carboxylic acids is 1. The molecule has 1 aliphatic rings. The number of benzene rings is 1. The second-order valence-electron chi connectivity index (χ2n) is 4.32. The summed E-state index contributed by atoms with van der Waals surface area (Å²) in [7, 11) is 0. The van der Waals surface area contributed by atoms with Gasteiger partial charge < -0.3 is 5.11 Å². The fourth-order valence-electron chi connectivity index (χ4n) is 2.18. The molecule has 1 aromatic rings. The van der Waals surface area contributed by atoms with Gasteiger partial charge in [0.15, 0.2) is 5.78 Å². The van der Waals surface area contributed by atoms with Gasteiger partial charge in [-0.2, -0.15) is 0 Å². The summed E-state index contributed by atoms with van der Waals surface area (Å²) >= 11 is 0. The molecule has 2 heteroatoms. The van der Waals surface area contributed by atoms with Crippen LogP contribution in [0.1, 0.15) is 31.2 Å². The van der Waals surface area contributed by atoms with Crippen LogP contribution in [-0.4, -0.2) is 16.5 Å². The van der Waals surface area contributed by atoms with E-state index in [4.69, 9.17) is 0 Å². The Labute approximate surface area is 89.9 Å². The molecule has 0 bridgehead atoms. The number of hydrogen-bond donors (Lipinski definition) is 1. The van der Waals surface area contributed by atoms with Crippen molar-refractivity contribution in [3.63, 3.8) is 0 Å². The molecule has 0 saturated heterocycles. The van der Waals surface area contributed by atoms with E-state index in [1.165, 1.54) is 0 Å². The average Bonchev–Trinajstić information content (AvgIpc) is 2.68. The predicted octanol–water partition coefficient (Wildman–Crippen LogP) is 2.10. The standard InChI is InChI=1S/C13H16O2/c14-12(13(15)8-4-5-9-13)10-11-6-2-1-3-7-11/h1-3,6-7,15H,4-5,8-10H2. The van der Waals surface area contributed by atoms with E-state index in [9.17, 15) is 9.90 Å². The molecule has 1 aliphatic carbocycles. The Morgan fingerprint density at radius 2 is 1.80 bits per heavy atom. The lowest BCUT2D eigenvalue weighted by atomic mass is 9.92. The van der Waals surface area contributed by atoms with E-state index >= 15 is 0 Å². The van der Waals surface area contributed by atoms with Crippen LogP contribution in [0, 0.1) is 0 Å². The third-order valence-corrected chi connectivity index (χ3v) is 3.16. The van der Waals surface area contributed by atoms with Crippen LogP contribution in [-0.2, 0) is 11.2 Å². The van der Waals surface area contributed by atoms with Crippen molar-refractivity contribution < 1.29 is 9.90 Å². The van der Waals surface area contributed by atoms with E-state index in [1.807, 2.05) is 30.3 Å². The molecule has 0 aliphatic heterocycles. The highest BCUT2D eigenvalue weighted by molar-refractivity contribution is 5.89. The quantitative estimate of drug-likeness (QED) is 0.818. The van der Waals surface area contributed by atoms with Gasteiger partial charge in [0.1, 0.15) is 5.60 Å². The summed E-state index contributed by atoms with van der Waals surface area (Å²) in [4.78, 5) is 11.9. The Kier molecular flexibility index (Phi) is 2.87. The maximum atomic E-state index is 11.9. The van der Waals surface area contributed by atoms with Crippen molar-refractivity contribution in [1.29, 1.82) is 0 Å². The molecule has 2 nitrogen and oxygen atoms in total. The van der Waals surface area contributed by atoms with E-state index in [1.54, 1.807) is 0 Å². The first-order valence-corrected chi connectivity index (χ1v) is 5.50. The summed E-state index contributed by atoms with van der Waals surface area (Å²) in [6, 6.07) is 9.62. The number of Topliss-reactive ketones (excluding diaryl/α,β-unsaturated/α-hetero) is 1. The summed E-state index contributed by atoms with van der Waals surface area (Å²) in [6.45, 7) is 0. The highest BCUT2D eigenvalue weighted by Crippen LogP contribution is 2.31. The van der Waals surface area contributed by atoms with E-state index in [0.29, 0.717) is 19.3 Å². The summed E-state index contributed by atoms with van der Waals surface area (Å²) in [6.07, 6.45) is 3.57. The number of aliphatic hydroxyl groups is 1. The van der Waals surface area contributed by atoms with E-state index in [-0.39, 0.29) is 5.78 Å². The number of rotatable bonds is 3. The first kappa shape index (κ1) is 10.4. The van der Waals surface area contributed by atoms with Crippen LogP contribution in [0.4, 0.5) is 0 Å². The van der Waals surface area contributed by atoms with Crippen LogP contribution >= 0.6 is 0 Å². The monoisotopic (exact) mass is 204 g/mol. The molecule has 1 aromatic carbocycles. The molecule has 80 valence electrons. The van der Waals surface area contributed by atoms with Crippen molar-refractivity contribution in [2.24, 2.45) is 0 Å². The Hall–Kier alpha value is -1.15. The van der Waals surface area contributed by atoms with Crippen LogP contribution in [0.3, 0.4) is 0 Å². The lowest BCUT2D eigenvalue weighted by molar-refractivity contribution is -0.136. The molecule has 0 unspecified atom stereocenters. The second kappa shape index (κ2) is 4.15. The van der Waals surface area contributed by atoms with Crippen molar-refractivity contribution >= 4 is 5.78 Å². The van der Waals surface area contributed by atoms with Crippen LogP contribution < -0.4 is 0 Å². The third kappa shape index (κ3) is 2.26. The van der Waals surface area contributed by atoms with Crippen molar-refractivity contribution in [3.8, 4) is 0 Å². The summed E-state index contributed by atoms with van der Waals surface area (Å²) in [5.41, 5.74) is -0.0432. The molecule has 15 heavy (non-hydrogen) atoms. The zero-order chi connectivity index (χ0) is 10.7. The fraction of sp³-hybridized carbons (Fsp3) is 0.462. The van der Waals surface area contributed by atoms with Gasteiger partial charge in [-0.25, -0.2) is 0 Å². The fourth-order valence-corrected chi connectivity index (χ4v) is 2.18. The van der Waals surface area contributed by atoms with E-state index < -0.39 is 5.60 Å². The van der Waals surface area contributed by atoms with Gasteiger partial charge in [-0.05, 0) is 31.2 Å². The summed E-state index contributed by atoms with van der Waals surface area (Å²) in [5.74, 6) is -0.0220. The van der Waals surface area contributed by atoms with Crippen molar-refractivity contribution in [2.45, 2.75) is 37.7 Å². The average molecular weight is 204 g/mol. The Balaban J connectivity index is 2.04. The maximum Gasteiger partial charge on any atom is 0.168 e. The molecule has 0 amide bonds. The van der Waals surface area contributed by atoms with Gasteiger partial charge in [-0.3, -0.25) is 4.79 Å². The Morgan fingerprint density at radius 1 is 1.20 bits per heavy atom. The van der Waals surface area contributed by atoms with Gasteiger partial charge in [0, 0.05) is 6.42 Å². The molecule has 0 heterocycles. The van der Waals surface area contributed by atoms with Crippen molar-refractivity contribution in [3.05, 3.63) is 35.9 Å². The third-order valence-electron chi connectivity index (χ3n) is 3.16. The topological polar surface area (TPSA) is 37.3 Å². The lowest BCUT2D eigenvalue weighted by Gasteiger charge is -2.20. The highest BCUT2D eigenvalue weighted by Gasteiger charge is 2.37. The molecule has 0 aromatic heterocycles. The van der Waals surface area contributed by atoms with Gasteiger partial charge in [-0.1, -0.05) is 30.3 Å². The smallest absolute Gasteiger partial charge is 0.168 e. The Morgan fingerprint density at radius 3 is 2.40 bits per heavy atom. The number of hydrogen-bond acceptors (Lipinski definition) is 2. The Bertz CT molecular complexity index is 337. The first-order valence-electron chi connectivity index (χ1n) is 5.50. The predicted molar refractivity (Wildman–Crippen MR) is 58.6 cm³/mol. The molecule has 2 rings (SSSR count). The van der Waals surface area contributed by atoms with Crippen LogP contribution in [0.15, 0.2) is 30.3 Å². The molecular weight excluding hydrogens is 188 g/mol. The molecule has 0 atom stereocenters. The molecule has 1 N–H and O–H groups in total. The number of carbonyl (C=O) groups is 1. The van der Waals surface area contributed by atoms with E-state index in [2.05, 4.69) is 0 Å². The molecule has 0 spiro atoms. The second-order valence-corrected chi connectivity index (χ2v) is 4.32. The summed E-state index contributed by atoms with van der Waals surface area (Å²) in [5, 5.41) is 10.1. The highest BCUT2D eigenvalue weighted by atomic mass is 16.3. The molecule has 1 saturated carbocycles. The van der Waals surface area contributed by atoms with Crippen LogP contribution in [0.2, 0.25) is 0 Å². The molecule has 1 fully saturated rings. The normalized spacial score (nSPS) is 19.0. The van der Waals surface area contributed by atoms with Gasteiger partial charge in [0.25, 0.3) is 0 Å². The summed E-state index contributed by atoms with van der Waals surface area (Å²) < 4.78 is 0. The number of ketones is 1. The minimum absolute atomic E-state index is 0.0220. The largest absolute Gasteiger partial charge is 0.382 e. The first-order chi connectivity index (χ1) is 7.21. The lowest BCUT2D eigenvalue weighted by Crippen LogP contribution is -2.36. The van der Waals surface area contributed by atoms with Crippen LogP contribution in [0.25, 0.3) is 0 Å². The van der Waals surface area contributed by atoms with Gasteiger partial charge >= 0.3 is 0 Å². The van der Waals surface area contributed by atoms with Crippen molar-refractivity contribution in [2.75, 3.05) is 0 Å². The minimum atomic E-state index is -1.03. The van der Waals surface area contributed by atoms with Gasteiger partial charge in [-0.15, -0.1) is 0 Å². The molecule has 0 radical (unpaired) electrons. The van der Waals surface area contributed by atoms with Crippen molar-refractivity contribution in [1.82, 2.24) is 0 Å². The van der Waals surface area contributed by atoms with Gasteiger partial charge in [0.2, 0.25) is 0 Å². The minimum Gasteiger partial charge on any atom is -0.382 e. The van der Waals surface area contributed by atoms with Gasteiger partial charge in [0.05, 0.1) is 0 Å². The maximum absolute atomic E-state index is 11.9. The van der Waals surface area contributed by atoms with E-state index in [0.717, 1.165) is 18.4 Å².